The van der Waals surface area contributed by atoms with E-state index in [-0.39, 0.29) is 5.78 Å². The number of anilines is 1. The topological polar surface area (TPSA) is 68.0 Å². The molecule has 2 aromatic carbocycles. The number of hydrogen-bond acceptors (Lipinski definition) is 8. The van der Waals surface area contributed by atoms with Crippen LogP contribution in [0.15, 0.2) is 46.9 Å². The van der Waals surface area contributed by atoms with E-state index in [1.54, 1.807) is 26.0 Å². The molecule has 1 aliphatic heterocycles. The van der Waals surface area contributed by atoms with Crippen LogP contribution in [0.2, 0.25) is 5.02 Å². The number of thioether (sulfide) groups is 1. The molecule has 0 radical (unpaired) electrons. The summed E-state index contributed by atoms with van der Waals surface area (Å²) in [5, 5.41) is 0.772. The molecule has 198 valence electrons. The first-order valence-electron chi connectivity index (χ1n) is 12.5. The number of oxazole rings is 1. The molecule has 0 unspecified atom stereocenters. The van der Waals surface area contributed by atoms with Gasteiger partial charge in [0, 0.05) is 54.6 Å². The zero-order valence-electron chi connectivity index (χ0n) is 21.7. The Hall–Kier alpha value is -2.68. The van der Waals surface area contributed by atoms with Gasteiger partial charge in [0.05, 0.1) is 25.7 Å². The number of Topliss-reactive ketones (excluding diaryl/α,β-unsaturated/α-hetero) is 1. The van der Waals surface area contributed by atoms with Crippen LogP contribution in [-0.4, -0.2) is 68.4 Å². The van der Waals surface area contributed by atoms with Crippen molar-refractivity contribution in [1.82, 2.24) is 9.88 Å². The molecule has 1 saturated heterocycles. The van der Waals surface area contributed by atoms with Gasteiger partial charge in [0.2, 0.25) is 5.89 Å². The largest absolute Gasteiger partial charge is 0.493 e. The minimum Gasteiger partial charge on any atom is -0.493 e. The molecule has 2 heterocycles. The predicted molar refractivity (Wildman–Crippen MR) is 150 cm³/mol. The fourth-order valence-corrected chi connectivity index (χ4v) is 5.51. The van der Waals surface area contributed by atoms with Crippen molar-refractivity contribution in [3.8, 4) is 23.0 Å². The molecule has 0 saturated carbocycles. The van der Waals surface area contributed by atoms with Crippen LogP contribution < -0.4 is 14.4 Å². The maximum atomic E-state index is 12.5. The Kier molecular flexibility index (Phi) is 9.77. The molecule has 37 heavy (non-hydrogen) atoms. The summed E-state index contributed by atoms with van der Waals surface area (Å²) in [7, 11) is 3.21. The maximum Gasteiger partial charge on any atom is 0.226 e. The van der Waals surface area contributed by atoms with Crippen LogP contribution in [0.1, 0.15) is 24.3 Å². The van der Waals surface area contributed by atoms with Gasteiger partial charge < -0.3 is 18.8 Å². The normalized spacial score (nSPS) is 14.1. The molecule has 1 aromatic heterocycles. The first-order valence-corrected chi connectivity index (χ1v) is 14.0. The van der Waals surface area contributed by atoms with Crippen molar-refractivity contribution < 1.29 is 18.7 Å². The molecule has 0 atom stereocenters. The number of methoxy groups -OCH3 is 2. The van der Waals surface area contributed by atoms with Crippen molar-refractivity contribution in [1.29, 1.82) is 0 Å². The average molecular weight is 544 g/mol. The molecule has 0 amide bonds. The van der Waals surface area contributed by atoms with Gasteiger partial charge in [0.25, 0.3) is 0 Å². The lowest BCUT2D eigenvalue weighted by atomic mass is 10.2. The van der Waals surface area contributed by atoms with E-state index in [9.17, 15) is 4.79 Å². The van der Waals surface area contributed by atoms with E-state index in [0.717, 1.165) is 61.2 Å². The van der Waals surface area contributed by atoms with Crippen molar-refractivity contribution in [2.75, 3.05) is 57.6 Å². The van der Waals surface area contributed by atoms with Crippen molar-refractivity contribution in [3.63, 3.8) is 0 Å². The number of carbonyl (C=O) groups excluding carboxylic acids is 1. The second-order valence-electron chi connectivity index (χ2n) is 9.04. The van der Waals surface area contributed by atoms with Gasteiger partial charge in [-0.05, 0) is 56.3 Å². The molecule has 9 heteroatoms. The highest BCUT2D eigenvalue weighted by molar-refractivity contribution is 7.99. The number of piperazine rings is 1. The molecule has 3 aromatic rings. The number of rotatable bonds is 12. The number of ether oxygens (including phenoxy) is 2. The van der Waals surface area contributed by atoms with Crippen LogP contribution in [0.25, 0.3) is 11.5 Å². The molecule has 7 nitrogen and oxygen atoms in total. The van der Waals surface area contributed by atoms with Gasteiger partial charge in [0.1, 0.15) is 11.5 Å². The second-order valence-corrected chi connectivity index (χ2v) is 10.5. The number of halogens is 1. The first kappa shape index (κ1) is 27.4. The molecular weight excluding hydrogens is 510 g/mol. The fourth-order valence-electron chi connectivity index (χ4n) is 4.39. The molecule has 1 fully saturated rings. The number of carbonyl (C=O) groups is 1. The standard InChI is InChI=1S/C28H34ClN3O4S/c1-20-25(30-28(36-20)21-9-10-26(34-2)27(16-21)35-3)19-37-18-24(33)8-5-11-31-12-14-32(15-13-31)23-7-4-6-22(29)17-23/h4,6-7,9-10,16-17H,5,8,11-15,18-19H2,1-3H3. The van der Waals surface area contributed by atoms with Gasteiger partial charge in [-0.25, -0.2) is 4.98 Å². The molecule has 0 bridgehead atoms. The van der Waals surface area contributed by atoms with E-state index < -0.39 is 0 Å². The Morgan fingerprint density at radius 3 is 2.59 bits per heavy atom. The second kappa shape index (κ2) is 13.2. The summed E-state index contributed by atoms with van der Waals surface area (Å²) in [6, 6.07) is 13.6. The number of aryl methyl sites for hydroxylation is 1. The molecule has 0 aliphatic carbocycles. The van der Waals surface area contributed by atoms with Crippen LogP contribution >= 0.6 is 23.4 Å². The highest BCUT2D eigenvalue weighted by Gasteiger charge is 2.18. The minimum absolute atomic E-state index is 0.281. The van der Waals surface area contributed by atoms with Crippen LogP contribution in [0.4, 0.5) is 5.69 Å². The van der Waals surface area contributed by atoms with Crippen molar-refractivity contribution in [2.45, 2.75) is 25.5 Å². The lowest BCUT2D eigenvalue weighted by Crippen LogP contribution is -2.46. The fraction of sp³-hybridized carbons (Fsp3) is 0.429. The zero-order chi connectivity index (χ0) is 26.2. The summed E-state index contributed by atoms with van der Waals surface area (Å²) < 4.78 is 16.6. The Morgan fingerprint density at radius 1 is 1.08 bits per heavy atom. The Bertz CT molecular complexity index is 1190. The lowest BCUT2D eigenvalue weighted by Gasteiger charge is -2.36. The number of benzene rings is 2. The summed E-state index contributed by atoms with van der Waals surface area (Å²) in [5.74, 6) is 3.99. The maximum absolute atomic E-state index is 12.5. The summed E-state index contributed by atoms with van der Waals surface area (Å²) in [5.41, 5.74) is 2.86. The number of hydrogen-bond donors (Lipinski definition) is 0. The highest BCUT2D eigenvalue weighted by Crippen LogP contribution is 2.33. The van der Waals surface area contributed by atoms with Crippen LogP contribution in [-0.2, 0) is 10.5 Å². The van der Waals surface area contributed by atoms with Crippen molar-refractivity contribution in [2.24, 2.45) is 0 Å². The third-order valence-corrected chi connectivity index (χ3v) is 7.74. The first-order chi connectivity index (χ1) is 18.0. The van der Waals surface area contributed by atoms with E-state index in [1.807, 2.05) is 43.3 Å². The predicted octanol–water partition coefficient (Wildman–Crippen LogP) is 5.73. The third-order valence-electron chi connectivity index (χ3n) is 6.50. The Balaban J connectivity index is 1.16. The molecule has 1 aliphatic rings. The monoisotopic (exact) mass is 543 g/mol. The van der Waals surface area contributed by atoms with Crippen LogP contribution in [0.3, 0.4) is 0 Å². The summed E-state index contributed by atoms with van der Waals surface area (Å²) in [6.07, 6.45) is 1.50. The number of ketones is 1. The smallest absolute Gasteiger partial charge is 0.226 e. The molecule has 0 N–H and O–H groups in total. The number of nitrogens with zero attached hydrogens (tertiary/aromatic N) is 3. The van der Waals surface area contributed by atoms with Crippen molar-refractivity contribution in [3.05, 3.63) is 58.9 Å². The quantitative estimate of drug-likeness (QED) is 0.287. The van der Waals surface area contributed by atoms with E-state index in [0.29, 0.717) is 35.3 Å². The summed E-state index contributed by atoms with van der Waals surface area (Å²) in [4.78, 5) is 21.9. The Morgan fingerprint density at radius 2 is 1.86 bits per heavy atom. The SMILES string of the molecule is COc1ccc(-c2nc(CSCC(=O)CCCN3CCN(c4cccc(Cl)c4)CC3)c(C)o2)cc1OC. The molecule has 4 rings (SSSR count). The Labute approximate surface area is 228 Å². The van der Waals surface area contributed by atoms with E-state index >= 15 is 0 Å². The third kappa shape index (κ3) is 7.43. The summed E-state index contributed by atoms with van der Waals surface area (Å²) in [6.45, 7) is 6.82. The van der Waals surface area contributed by atoms with Gasteiger partial charge in [-0.3, -0.25) is 9.69 Å². The van der Waals surface area contributed by atoms with E-state index in [4.69, 9.17) is 25.5 Å². The number of aromatic nitrogens is 1. The highest BCUT2D eigenvalue weighted by atomic mass is 35.5. The van der Waals surface area contributed by atoms with Gasteiger partial charge in [0.15, 0.2) is 11.5 Å². The average Bonchev–Trinajstić information content (AvgIpc) is 3.28. The van der Waals surface area contributed by atoms with Gasteiger partial charge in [-0.2, -0.15) is 0 Å². The van der Waals surface area contributed by atoms with Crippen molar-refractivity contribution >= 4 is 34.8 Å². The zero-order valence-corrected chi connectivity index (χ0v) is 23.2. The lowest BCUT2D eigenvalue weighted by molar-refractivity contribution is -0.116. The van der Waals surface area contributed by atoms with Crippen LogP contribution in [0, 0.1) is 6.92 Å². The van der Waals surface area contributed by atoms with Crippen LogP contribution in [0.5, 0.6) is 11.5 Å². The van der Waals surface area contributed by atoms with E-state index in [1.165, 1.54) is 5.69 Å². The molecule has 0 spiro atoms. The van der Waals surface area contributed by atoms with Gasteiger partial charge >= 0.3 is 0 Å². The summed E-state index contributed by atoms with van der Waals surface area (Å²) >= 11 is 7.72. The van der Waals surface area contributed by atoms with Gasteiger partial charge in [-0.15, -0.1) is 11.8 Å². The molecular formula is C28H34ClN3O4S. The van der Waals surface area contributed by atoms with E-state index in [2.05, 4.69) is 20.9 Å². The van der Waals surface area contributed by atoms with Gasteiger partial charge in [-0.1, -0.05) is 17.7 Å². The minimum atomic E-state index is 0.281.